The van der Waals surface area contributed by atoms with Gasteiger partial charge in [0.15, 0.2) is 0 Å². The SMILES string of the molecule is Cc1cccc(NC(=O)N2C[C@@H](CO)[C@H](C(F)(F)F)C2)c1F. The van der Waals surface area contributed by atoms with Gasteiger partial charge in [-0.2, -0.15) is 13.2 Å². The summed E-state index contributed by atoms with van der Waals surface area (Å²) in [6.45, 7) is 0.0863. The van der Waals surface area contributed by atoms with Crippen LogP contribution in [-0.4, -0.2) is 41.9 Å². The Hall–Kier alpha value is -1.83. The highest BCUT2D eigenvalue weighted by atomic mass is 19.4. The van der Waals surface area contributed by atoms with Crippen LogP contribution >= 0.6 is 0 Å². The number of carbonyl (C=O) groups is 1. The Morgan fingerprint density at radius 3 is 2.64 bits per heavy atom. The number of benzene rings is 1. The molecule has 2 N–H and O–H groups in total. The molecule has 0 spiro atoms. The molecule has 22 heavy (non-hydrogen) atoms. The molecule has 1 fully saturated rings. The second-order valence-electron chi connectivity index (χ2n) is 5.36. The summed E-state index contributed by atoms with van der Waals surface area (Å²) in [4.78, 5) is 13.0. The summed E-state index contributed by atoms with van der Waals surface area (Å²) in [5, 5.41) is 11.3. The van der Waals surface area contributed by atoms with Crippen molar-refractivity contribution in [2.75, 3.05) is 25.0 Å². The molecule has 8 heteroatoms. The number of anilines is 1. The smallest absolute Gasteiger partial charge is 0.393 e. The summed E-state index contributed by atoms with van der Waals surface area (Å²) in [6.07, 6.45) is -4.49. The number of aliphatic hydroxyl groups is 1. The standard InChI is InChI=1S/C14H16F4N2O2/c1-8-3-2-4-11(12(8)15)19-13(22)20-5-9(7-21)10(6-20)14(16,17)18/h2-4,9-10,21H,5-7H2,1H3,(H,19,22)/t9-,10+/m0/s1. The number of rotatable bonds is 2. The topological polar surface area (TPSA) is 52.6 Å². The Labute approximate surface area is 124 Å². The Morgan fingerprint density at radius 1 is 1.41 bits per heavy atom. The van der Waals surface area contributed by atoms with Crippen LogP contribution in [0.2, 0.25) is 0 Å². The first-order valence-corrected chi connectivity index (χ1v) is 6.72. The monoisotopic (exact) mass is 320 g/mol. The normalized spacial score (nSPS) is 22.0. The molecule has 2 rings (SSSR count). The van der Waals surface area contributed by atoms with Crippen molar-refractivity contribution in [1.82, 2.24) is 4.90 Å². The van der Waals surface area contributed by atoms with Crippen LogP contribution in [0.25, 0.3) is 0 Å². The lowest BCUT2D eigenvalue weighted by molar-refractivity contribution is -0.182. The predicted molar refractivity (Wildman–Crippen MR) is 71.8 cm³/mol. The van der Waals surface area contributed by atoms with Crippen molar-refractivity contribution in [3.8, 4) is 0 Å². The number of likely N-dealkylation sites (tertiary alicyclic amines) is 1. The van der Waals surface area contributed by atoms with E-state index in [1.165, 1.54) is 25.1 Å². The van der Waals surface area contributed by atoms with E-state index in [2.05, 4.69) is 5.32 Å². The Bertz CT molecular complexity index is 562. The van der Waals surface area contributed by atoms with Gasteiger partial charge in [0.25, 0.3) is 0 Å². The van der Waals surface area contributed by atoms with Crippen LogP contribution in [0.1, 0.15) is 5.56 Å². The van der Waals surface area contributed by atoms with Gasteiger partial charge >= 0.3 is 12.2 Å². The van der Waals surface area contributed by atoms with Crippen molar-refractivity contribution in [2.24, 2.45) is 11.8 Å². The van der Waals surface area contributed by atoms with E-state index in [4.69, 9.17) is 5.11 Å². The zero-order chi connectivity index (χ0) is 16.5. The third kappa shape index (κ3) is 3.32. The quantitative estimate of drug-likeness (QED) is 0.823. The zero-order valence-electron chi connectivity index (χ0n) is 11.8. The van der Waals surface area contributed by atoms with Crippen LogP contribution in [0.5, 0.6) is 0 Å². The number of aliphatic hydroxyl groups excluding tert-OH is 1. The van der Waals surface area contributed by atoms with Gasteiger partial charge in [-0.05, 0) is 18.6 Å². The highest BCUT2D eigenvalue weighted by Crippen LogP contribution is 2.37. The molecule has 0 radical (unpaired) electrons. The summed E-state index contributed by atoms with van der Waals surface area (Å²) in [5.41, 5.74) is 0.238. The van der Waals surface area contributed by atoms with E-state index in [9.17, 15) is 22.4 Å². The molecule has 0 aromatic heterocycles. The fourth-order valence-electron chi connectivity index (χ4n) is 2.53. The van der Waals surface area contributed by atoms with Crippen LogP contribution in [-0.2, 0) is 0 Å². The van der Waals surface area contributed by atoms with Crippen LogP contribution in [0, 0.1) is 24.6 Å². The van der Waals surface area contributed by atoms with Crippen molar-refractivity contribution < 1.29 is 27.5 Å². The van der Waals surface area contributed by atoms with Gasteiger partial charge in [-0.25, -0.2) is 9.18 Å². The maximum absolute atomic E-state index is 13.8. The molecular formula is C14H16F4N2O2. The lowest BCUT2D eigenvalue weighted by atomic mass is 9.97. The molecule has 4 nitrogen and oxygen atoms in total. The van der Waals surface area contributed by atoms with E-state index in [-0.39, 0.29) is 12.2 Å². The molecule has 1 aromatic rings. The summed E-state index contributed by atoms with van der Waals surface area (Å²) >= 11 is 0. The molecule has 2 atom stereocenters. The van der Waals surface area contributed by atoms with Crippen molar-refractivity contribution in [1.29, 1.82) is 0 Å². The molecule has 0 bridgehead atoms. The highest BCUT2D eigenvalue weighted by molar-refractivity contribution is 5.89. The van der Waals surface area contributed by atoms with Gasteiger partial charge in [0, 0.05) is 25.6 Å². The zero-order valence-corrected chi connectivity index (χ0v) is 11.8. The summed E-state index contributed by atoms with van der Waals surface area (Å²) in [7, 11) is 0. The lowest BCUT2D eigenvalue weighted by Gasteiger charge is -2.19. The minimum atomic E-state index is -4.49. The Morgan fingerprint density at radius 2 is 2.09 bits per heavy atom. The number of nitrogens with zero attached hydrogens (tertiary/aromatic N) is 1. The number of amides is 2. The molecule has 122 valence electrons. The van der Waals surface area contributed by atoms with E-state index < -0.39 is 43.0 Å². The van der Waals surface area contributed by atoms with Gasteiger partial charge in [0.05, 0.1) is 11.6 Å². The van der Waals surface area contributed by atoms with Crippen LogP contribution in [0.4, 0.5) is 28.0 Å². The van der Waals surface area contributed by atoms with E-state index in [1.807, 2.05) is 0 Å². The molecule has 0 saturated carbocycles. The average Bonchev–Trinajstić information content (AvgIpc) is 2.88. The Kier molecular flexibility index (Phi) is 4.60. The third-order valence-corrected chi connectivity index (χ3v) is 3.82. The van der Waals surface area contributed by atoms with Crippen molar-refractivity contribution in [2.45, 2.75) is 13.1 Å². The largest absolute Gasteiger partial charge is 0.396 e. The van der Waals surface area contributed by atoms with Gasteiger partial charge in [-0.3, -0.25) is 0 Å². The van der Waals surface area contributed by atoms with Crippen molar-refractivity contribution >= 4 is 11.7 Å². The van der Waals surface area contributed by atoms with Gasteiger partial charge < -0.3 is 15.3 Å². The van der Waals surface area contributed by atoms with Gasteiger partial charge in [0.2, 0.25) is 0 Å². The number of hydrogen-bond acceptors (Lipinski definition) is 2. The number of urea groups is 1. The molecule has 1 heterocycles. The fraction of sp³-hybridized carbons (Fsp3) is 0.500. The second kappa shape index (κ2) is 6.12. The molecule has 0 unspecified atom stereocenters. The molecule has 2 amide bonds. The number of halogens is 4. The number of aryl methyl sites for hydroxylation is 1. The van der Waals surface area contributed by atoms with Crippen molar-refractivity contribution in [3.63, 3.8) is 0 Å². The Balaban J connectivity index is 2.09. The number of nitrogens with one attached hydrogen (secondary N) is 1. The molecular weight excluding hydrogens is 304 g/mol. The minimum absolute atomic E-state index is 0.0824. The number of hydrogen-bond donors (Lipinski definition) is 2. The summed E-state index contributed by atoms with van der Waals surface area (Å²) < 4.78 is 52.4. The van der Waals surface area contributed by atoms with Crippen molar-refractivity contribution in [3.05, 3.63) is 29.6 Å². The van der Waals surface area contributed by atoms with Gasteiger partial charge in [0.1, 0.15) is 5.82 Å². The van der Waals surface area contributed by atoms with E-state index in [0.29, 0.717) is 5.56 Å². The summed E-state index contributed by atoms with van der Waals surface area (Å²) in [6, 6.07) is 3.57. The lowest BCUT2D eigenvalue weighted by Crippen LogP contribution is -2.35. The van der Waals surface area contributed by atoms with Crippen LogP contribution < -0.4 is 5.32 Å². The molecule has 1 aromatic carbocycles. The predicted octanol–water partition coefficient (Wildman–Crippen LogP) is 2.77. The third-order valence-electron chi connectivity index (χ3n) is 3.82. The second-order valence-corrected chi connectivity index (χ2v) is 5.36. The first-order valence-electron chi connectivity index (χ1n) is 6.72. The van der Waals surface area contributed by atoms with E-state index in [0.717, 1.165) is 4.90 Å². The highest BCUT2D eigenvalue weighted by Gasteiger charge is 2.50. The summed E-state index contributed by atoms with van der Waals surface area (Å²) in [5.74, 6) is -3.46. The maximum Gasteiger partial charge on any atom is 0.393 e. The fourth-order valence-corrected chi connectivity index (χ4v) is 2.53. The molecule has 1 saturated heterocycles. The number of carbonyl (C=O) groups excluding carboxylic acids is 1. The van der Waals surface area contributed by atoms with E-state index >= 15 is 0 Å². The van der Waals surface area contributed by atoms with Crippen LogP contribution in [0.15, 0.2) is 18.2 Å². The molecule has 0 aliphatic carbocycles. The number of alkyl halides is 3. The maximum atomic E-state index is 13.8. The van der Waals surface area contributed by atoms with Crippen LogP contribution in [0.3, 0.4) is 0 Å². The van der Waals surface area contributed by atoms with Gasteiger partial charge in [-0.15, -0.1) is 0 Å². The first-order chi connectivity index (χ1) is 10.2. The molecule has 1 aliphatic heterocycles. The minimum Gasteiger partial charge on any atom is -0.396 e. The first kappa shape index (κ1) is 16.5. The molecule has 1 aliphatic rings. The average molecular weight is 320 g/mol. The van der Waals surface area contributed by atoms with Gasteiger partial charge in [-0.1, -0.05) is 12.1 Å². The van der Waals surface area contributed by atoms with E-state index in [1.54, 1.807) is 0 Å².